The lowest BCUT2D eigenvalue weighted by Crippen LogP contribution is -2.29. The lowest BCUT2D eigenvalue weighted by Gasteiger charge is -2.24. The normalized spacial score (nSPS) is 11.8. The van der Waals surface area contributed by atoms with Gasteiger partial charge in [0.15, 0.2) is 0 Å². The summed E-state index contributed by atoms with van der Waals surface area (Å²) in [6, 6.07) is 8.57. The van der Waals surface area contributed by atoms with E-state index in [1.165, 1.54) is 11.1 Å². The van der Waals surface area contributed by atoms with Crippen molar-refractivity contribution in [1.82, 2.24) is 0 Å². The van der Waals surface area contributed by atoms with Crippen LogP contribution in [0, 0.1) is 6.92 Å². The van der Waals surface area contributed by atoms with Crippen molar-refractivity contribution in [2.24, 2.45) is 0 Å². The van der Waals surface area contributed by atoms with E-state index in [4.69, 9.17) is 0 Å². The van der Waals surface area contributed by atoms with Crippen molar-refractivity contribution in [3.8, 4) is 0 Å². The minimum atomic E-state index is -0.478. The Morgan fingerprint density at radius 1 is 1.25 bits per heavy atom. The summed E-state index contributed by atoms with van der Waals surface area (Å²) in [7, 11) is 0. The van der Waals surface area contributed by atoms with Gasteiger partial charge in [-0.25, -0.2) is 0 Å². The molecule has 0 spiro atoms. The first-order valence-corrected chi connectivity index (χ1v) is 7.11. The minimum Gasteiger partial charge on any atom is -0.389 e. The first kappa shape index (κ1) is 13.6. The Hall–Kier alpha value is -0.470. The monoisotopic (exact) mass is 238 g/mol. The zero-order valence-electron chi connectivity index (χ0n) is 10.5. The van der Waals surface area contributed by atoms with Crippen LogP contribution in [0.5, 0.6) is 0 Å². The van der Waals surface area contributed by atoms with E-state index in [-0.39, 0.29) is 0 Å². The lowest BCUT2D eigenvalue weighted by molar-refractivity contribution is 0.0572. The minimum absolute atomic E-state index is 0.478. The third-order valence-electron chi connectivity index (χ3n) is 3.04. The van der Waals surface area contributed by atoms with E-state index in [2.05, 4.69) is 45.0 Å². The van der Waals surface area contributed by atoms with Crippen LogP contribution in [0.25, 0.3) is 0 Å². The zero-order valence-corrected chi connectivity index (χ0v) is 11.3. The predicted octanol–water partition coefficient (Wildman–Crippen LogP) is 3.78. The molecule has 16 heavy (non-hydrogen) atoms. The molecule has 0 aliphatic carbocycles. The Bertz CT molecular complexity index is 318. The van der Waals surface area contributed by atoms with Crippen molar-refractivity contribution in [2.45, 2.75) is 45.0 Å². The summed E-state index contributed by atoms with van der Waals surface area (Å²) < 4.78 is 0. The summed E-state index contributed by atoms with van der Waals surface area (Å²) in [5.74, 6) is 1.82. The van der Waals surface area contributed by atoms with Gasteiger partial charge in [-0.3, -0.25) is 0 Å². The van der Waals surface area contributed by atoms with Crippen LogP contribution in [0.4, 0.5) is 0 Å². The molecule has 1 nitrogen and oxygen atoms in total. The highest BCUT2D eigenvalue weighted by molar-refractivity contribution is 7.98. The Morgan fingerprint density at radius 3 is 2.50 bits per heavy atom. The van der Waals surface area contributed by atoms with Crippen LogP contribution >= 0.6 is 11.8 Å². The van der Waals surface area contributed by atoms with Gasteiger partial charge in [0.2, 0.25) is 0 Å². The van der Waals surface area contributed by atoms with Gasteiger partial charge in [0.05, 0.1) is 5.60 Å². The maximum Gasteiger partial charge on any atom is 0.0732 e. The van der Waals surface area contributed by atoms with Crippen LogP contribution in [-0.4, -0.2) is 16.5 Å². The Labute approximate surface area is 103 Å². The van der Waals surface area contributed by atoms with Crippen LogP contribution < -0.4 is 0 Å². The predicted molar refractivity (Wildman–Crippen MR) is 72.9 cm³/mol. The molecule has 0 saturated carbocycles. The fourth-order valence-corrected chi connectivity index (χ4v) is 2.92. The first-order valence-electron chi connectivity index (χ1n) is 5.95. The van der Waals surface area contributed by atoms with Gasteiger partial charge in [0.25, 0.3) is 0 Å². The molecule has 0 atom stereocenters. The van der Waals surface area contributed by atoms with Gasteiger partial charge in [-0.2, -0.15) is 11.8 Å². The Kier molecular flexibility index (Phi) is 5.36. The molecule has 0 bridgehead atoms. The average molecular weight is 238 g/mol. The topological polar surface area (TPSA) is 20.2 Å². The van der Waals surface area contributed by atoms with E-state index in [0.717, 1.165) is 24.3 Å². The summed E-state index contributed by atoms with van der Waals surface area (Å²) in [6.07, 6.45) is 1.68. The van der Waals surface area contributed by atoms with E-state index >= 15 is 0 Å². The van der Waals surface area contributed by atoms with Gasteiger partial charge in [-0.1, -0.05) is 43.7 Å². The van der Waals surface area contributed by atoms with Gasteiger partial charge < -0.3 is 5.11 Å². The van der Waals surface area contributed by atoms with Gasteiger partial charge in [0, 0.05) is 11.5 Å². The van der Waals surface area contributed by atoms with Crippen LogP contribution in [-0.2, 0) is 5.75 Å². The van der Waals surface area contributed by atoms with E-state index in [1.54, 1.807) is 0 Å². The quantitative estimate of drug-likeness (QED) is 0.814. The molecule has 1 aromatic carbocycles. The second kappa shape index (κ2) is 6.31. The van der Waals surface area contributed by atoms with E-state index in [1.807, 2.05) is 11.8 Å². The molecule has 2 heteroatoms. The largest absolute Gasteiger partial charge is 0.389 e. The number of benzene rings is 1. The third kappa shape index (κ3) is 4.18. The van der Waals surface area contributed by atoms with Crippen molar-refractivity contribution in [2.75, 3.05) is 5.75 Å². The summed E-state index contributed by atoms with van der Waals surface area (Å²) in [5, 5.41) is 10.1. The zero-order chi connectivity index (χ0) is 12.0. The highest BCUT2D eigenvalue weighted by atomic mass is 32.2. The van der Waals surface area contributed by atoms with Crippen molar-refractivity contribution in [3.05, 3.63) is 35.4 Å². The maximum absolute atomic E-state index is 10.1. The number of hydrogen-bond acceptors (Lipinski definition) is 2. The molecule has 0 aliphatic heterocycles. The Morgan fingerprint density at radius 2 is 1.94 bits per heavy atom. The molecule has 0 amide bonds. The van der Waals surface area contributed by atoms with Crippen LogP contribution in [0.1, 0.15) is 37.8 Å². The van der Waals surface area contributed by atoms with Crippen molar-refractivity contribution < 1.29 is 5.11 Å². The van der Waals surface area contributed by atoms with Gasteiger partial charge in [-0.05, 0) is 25.3 Å². The summed E-state index contributed by atoms with van der Waals surface area (Å²) in [4.78, 5) is 0. The van der Waals surface area contributed by atoms with Crippen LogP contribution in [0.15, 0.2) is 24.3 Å². The second-order valence-electron chi connectivity index (χ2n) is 4.41. The van der Waals surface area contributed by atoms with Crippen molar-refractivity contribution >= 4 is 11.8 Å². The van der Waals surface area contributed by atoms with Gasteiger partial charge >= 0.3 is 0 Å². The molecule has 0 saturated heterocycles. The molecule has 0 unspecified atom stereocenters. The Balaban J connectivity index is 2.41. The average Bonchev–Trinajstić information content (AvgIpc) is 2.29. The summed E-state index contributed by atoms with van der Waals surface area (Å²) in [5.41, 5.74) is 2.17. The number of thioether (sulfide) groups is 1. The first-order chi connectivity index (χ1) is 7.59. The molecule has 1 aromatic rings. The third-order valence-corrected chi connectivity index (χ3v) is 4.32. The van der Waals surface area contributed by atoms with Crippen LogP contribution in [0.2, 0.25) is 0 Å². The van der Waals surface area contributed by atoms with Crippen LogP contribution in [0.3, 0.4) is 0 Å². The maximum atomic E-state index is 10.1. The molecular weight excluding hydrogens is 216 g/mol. The second-order valence-corrected chi connectivity index (χ2v) is 5.40. The molecule has 0 aromatic heterocycles. The molecule has 0 fully saturated rings. The van der Waals surface area contributed by atoms with Crippen molar-refractivity contribution in [1.29, 1.82) is 0 Å². The van der Waals surface area contributed by atoms with E-state index in [0.29, 0.717) is 0 Å². The molecule has 90 valence electrons. The standard InChI is InChI=1S/C14H22OS/c1-4-14(15,5-2)11-16-10-13-8-6-7-12(3)9-13/h6-9,15H,4-5,10-11H2,1-3H3. The SMILES string of the molecule is CCC(O)(CC)CSCc1cccc(C)c1. The number of aliphatic hydroxyl groups is 1. The molecule has 0 heterocycles. The molecular formula is C14H22OS. The number of rotatable bonds is 6. The summed E-state index contributed by atoms with van der Waals surface area (Å²) in [6.45, 7) is 6.22. The highest BCUT2D eigenvalue weighted by Gasteiger charge is 2.21. The number of hydrogen-bond donors (Lipinski definition) is 1. The summed E-state index contributed by atoms with van der Waals surface area (Å²) >= 11 is 1.82. The highest BCUT2D eigenvalue weighted by Crippen LogP contribution is 2.23. The van der Waals surface area contributed by atoms with E-state index < -0.39 is 5.60 Å². The van der Waals surface area contributed by atoms with E-state index in [9.17, 15) is 5.11 Å². The molecule has 1 rings (SSSR count). The number of aryl methyl sites for hydroxylation is 1. The molecule has 0 aliphatic rings. The van der Waals surface area contributed by atoms with Crippen molar-refractivity contribution in [3.63, 3.8) is 0 Å². The fraction of sp³-hybridized carbons (Fsp3) is 0.571. The van der Waals surface area contributed by atoms with Gasteiger partial charge in [0.1, 0.15) is 0 Å². The lowest BCUT2D eigenvalue weighted by atomic mass is 10.0. The smallest absolute Gasteiger partial charge is 0.0732 e. The fourth-order valence-electron chi connectivity index (χ4n) is 1.61. The molecule has 0 radical (unpaired) electrons. The van der Waals surface area contributed by atoms with Gasteiger partial charge in [-0.15, -0.1) is 0 Å². The molecule has 1 N–H and O–H groups in total.